The van der Waals surface area contributed by atoms with Gasteiger partial charge in [0, 0.05) is 0 Å². The molecular formula is C61H83F5O. The van der Waals surface area contributed by atoms with Gasteiger partial charge < -0.3 is 4.74 Å². The molecule has 0 unspecified atom stereocenters. The lowest BCUT2D eigenvalue weighted by atomic mass is 10.0. The third kappa shape index (κ3) is 26.0. The van der Waals surface area contributed by atoms with Gasteiger partial charge in [-0.2, -0.15) is 0 Å². The Morgan fingerprint density at radius 1 is 0.358 bits per heavy atom. The molecule has 0 saturated heterocycles. The van der Waals surface area contributed by atoms with Gasteiger partial charge in [0.25, 0.3) is 0 Å². The smallest absolute Gasteiger partial charge is 0.406 e. The third-order valence-electron chi connectivity index (χ3n) is 10.6. The quantitative estimate of drug-likeness (QED) is 0.145. The average molecular weight is 927 g/mol. The van der Waals surface area contributed by atoms with Crippen LogP contribution in [0.1, 0.15) is 187 Å². The van der Waals surface area contributed by atoms with Gasteiger partial charge in [0.15, 0.2) is 0 Å². The number of hydrogen-bond acceptors (Lipinski definition) is 1. The molecular weight excluding hydrogens is 844 g/mol. The van der Waals surface area contributed by atoms with Crippen LogP contribution in [0.2, 0.25) is 0 Å². The number of halogens is 5. The molecule has 0 aromatic heterocycles. The van der Waals surface area contributed by atoms with Crippen molar-refractivity contribution in [2.45, 2.75) is 167 Å². The van der Waals surface area contributed by atoms with Crippen molar-refractivity contribution < 1.29 is 26.7 Å². The molecule has 0 spiro atoms. The Balaban J connectivity index is 0.000000784. The molecule has 0 amide bonds. The van der Waals surface area contributed by atoms with E-state index in [1.165, 1.54) is 45.5 Å². The van der Waals surface area contributed by atoms with Crippen molar-refractivity contribution >= 4 is 0 Å². The van der Waals surface area contributed by atoms with Gasteiger partial charge in [-0.1, -0.05) is 211 Å². The van der Waals surface area contributed by atoms with Gasteiger partial charge in [-0.15, -0.1) is 13.2 Å². The number of alkyl halides is 3. The Bertz CT molecular complexity index is 2160. The maximum absolute atomic E-state index is 12.8. The van der Waals surface area contributed by atoms with Gasteiger partial charge in [0.05, 0.1) is 0 Å². The van der Waals surface area contributed by atoms with Gasteiger partial charge in [0.2, 0.25) is 0 Å². The lowest BCUT2D eigenvalue weighted by Crippen LogP contribution is -2.17. The van der Waals surface area contributed by atoms with E-state index in [0.717, 1.165) is 22.3 Å². The lowest BCUT2D eigenvalue weighted by Gasteiger charge is -2.13. The Hall–Kier alpha value is -5.23. The largest absolute Gasteiger partial charge is 0.573 e. The van der Waals surface area contributed by atoms with E-state index in [9.17, 15) is 22.0 Å². The van der Waals surface area contributed by atoms with E-state index in [1.807, 2.05) is 45.0 Å². The molecule has 1 nitrogen and oxygen atoms in total. The van der Waals surface area contributed by atoms with Crippen LogP contribution in [0, 0.1) is 46.3 Å². The molecule has 6 rings (SSSR count). The van der Waals surface area contributed by atoms with Crippen molar-refractivity contribution in [3.8, 4) is 5.75 Å². The number of benzene rings is 6. The first kappa shape index (κ1) is 61.8. The monoisotopic (exact) mass is 927 g/mol. The fraction of sp³-hybridized carbons (Fsp3) is 0.410. The number of aryl methyl sites for hydroxylation is 5. The summed E-state index contributed by atoms with van der Waals surface area (Å²) in [6.07, 6.45) is -4.62. The highest BCUT2D eigenvalue weighted by Gasteiger charge is 2.31. The van der Waals surface area contributed by atoms with Crippen LogP contribution in [-0.4, -0.2) is 6.36 Å². The van der Waals surface area contributed by atoms with Crippen LogP contribution in [0.4, 0.5) is 22.0 Å². The molecule has 6 heteroatoms. The van der Waals surface area contributed by atoms with Gasteiger partial charge in [-0.05, 0) is 144 Å². The highest BCUT2D eigenvalue weighted by atomic mass is 19.4. The molecule has 0 aliphatic heterocycles. The van der Waals surface area contributed by atoms with Crippen molar-refractivity contribution in [3.63, 3.8) is 0 Å². The zero-order chi connectivity index (χ0) is 50.3. The van der Waals surface area contributed by atoms with Crippen molar-refractivity contribution in [2.75, 3.05) is 0 Å². The molecule has 0 bridgehead atoms. The molecule has 368 valence electrons. The summed E-state index contributed by atoms with van der Waals surface area (Å²) >= 11 is 0. The second-order valence-corrected chi connectivity index (χ2v) is 18.8. The zero-order valence-corrected chi connectivity index (χ0v) is 43.0. The van der Waals surface area contributed by atoms with Crippen molar-refractivity contribution in [1.29, 1.82) is 0 Å². The standard InChI is InChI=1S/C11H13F3O.2C10H13F.2C10H14.C9H12.CH4/c1-7(2)9-4-5-10(8(3)6-9)15-11(12,13)14;1-7(2)9-4-8(3)5-10(11)6-9;1-7(2)9-4-5-10(11)8(3)6-9;2*1-8(2)10-6-4-9(3)5-7-10;1-8(2)9-6-4-3-5-7-9;/h4-7H,1-3H3;2*4-7H,1-3H3;2*4-8H,1-3H3;3-8H,1-2H3;1H4. The van der Waals surface area contributed by atoms with Crippen LogP contribution in [0.25, 0.3) is 0 Å². The predicted molar refractivity (Wildman–Crippen MR) is 280 cm³/mol. The fourth-order valence-corrected chi connectivity index (χ4v) is 6.14. The molecule has 0 aliphatic rings. The fourth-order valence-electron chi connectivity index (χ4n) is 6.14. The summed E-state index contributed by atoms with van der Waals surface area (Å²) in [6, 6.07) is 43.1. The van der Waals surface area contributed by atoms with E-state index < -0.39 is 6.36 Å². The Morgan fingerprint density at radius 3 is 1.04 bits per heavy atom. The Labute approximate surface area is 404 Å². The molecule has 0 radical (unpaired) electrons. The predicted octanol–water partition coefficient (Wildman–Crippen LogP) is 20.2. The average Bonchev–Trinajstić information content (AvgIpc) is 3.23. The minimum absolute atomic E-state index is 0. The molecule has 6 aromatic carbocycles. The maximum Gasteiger partial charge on any atom is 0.573 e. The molecule has 0 atom stereocenters. The summed E-state index contributed by atoms with van der Waals surface area (Å²) in [5.41, 5.74) is 12.4. The van der Waals surface area contributed by atoms with Crippen LogP contribution in [0.3, 0.4) is 0 Å². The SMILES string of the molecule is C.CC(C)c1ccccc1.Cc1cc(C(C)C)ccc1F.Cc1cc(C(C)C)ccc1OC(F)(F)F.Cc1cc(F)cc(C(C)C)c1.Cc1ccc(C(C)C)cc1.Cc1ccc(C(C)C)cc1. The molecule has 0 fully saturated rings. The van der Waals surface area contributed by atoms with Crippen LogP contribution < -0.4 is 4.74 Å². The Morgan fingerprint density at radius 2 is 0.716 bits per heavy atom. The maximum atomic E-state index is 12.8. The normalized spacial score (nSPS) is 10.6. The minimum Gasteiger partial charge on any atom is -0.406 e. The second-order valence-electron chi connectivity index (χ2n) is 18.8. The first-order chi connectivity index (χ1) is 30.7. The topological polar surface area (TPSA) is 9.23 Å². The van der Waals surface area contributed by atoms with Crippen LogP contribution >= 0.6 is 0 Å². The molecule has 67 heavy (non-hydrogen) atoms. The van der Waals surface area contributed by atoms with Crippen molar-refractivity contribution in [3.05, 3.63) is 206 Å². The van der Waals surface area contributed by atoms with Gasteiger partial charge in [-0.25, -0.2) is 8.78 Å². The van der Waals surface area contributed by atoms with Crippen molar-refractivity contribution in [2.24, 2.45) is 0 Å². The molecule has 0 aliphatic carbocycles. The highest BCUT2D eigenvalue weighted by molar-refractivity contribution is 5.37. The first-order valence-corrected chi connectivity index (χ1v) is 23.3. The second kappa shape index (κ2) is 30.9. The summed E-state index contributed by atoms with van der Waals surface area (Å²) in [5.74, 6) is 2.77. The van der Waals surface area contributed by atoms with Gasteiger partial charge in [-0.3, -0.25) is 0 Å². The van der Waals surface area contributed by atoms with Crippen LogP contribution in [0.5, 0.6) is 5.75 Å². The first-order valence-electron chi connectivity index (χ1n) is 23.3. The van der Waals surface area contributed by atoms with E-state index in [1.54, 1.807) is 38.1 Å². The van der Waals surface area contributed by atoms with E-state index >= 15 is 0 Å². The zero-order valence-electron chi connectivity index (χ0n) is 43.0. The highest BCUT2D eigenvalue weighted by Crippen LogP contribution is 2.28. The van der Waals surface area contributed by atoms with Crippen LogP contribution in [0.15, 0.2) is 133 Å². The number of rotatable bonds is 7. The molecule has 0 saturated carbocycles. The minimum atomic E-state index is -4.62. The Kier molecular flexibility index (Phi) is 28.5. The van der Waals surface area contributed by atoms with E-state index in [4.69, 9.17) is 0 Å². The molecule has 0 N–H and O–H groups in total. The summed E-state index contributed by atoms with van der Waals surface area (Å²) in [5, 5.41) is 0. The van der Waals surface area contributed by atoms with Gasteiger partial charge in [0.1, 0.15) is 17.4 Å². The summed E-state index contributed by atoms with van der Waals surface area (Å²) < 4.78 is 65.3. The van der Waals surface area contributed by atoms with Gasteiger partial charge >= 0.3 is 6.36 Å². The number of ether oxygens (including phenoxy) is 1. The summed E-state index contributed by atoms with van der Waals surface area (Å²) in [6.45, 7) is 35.1. The number of hydrogen-bond donors (Lipinski definition) is 0. The lowest BCUT2D eigenvalue weighted by molar-refractivity contribution is -0.274. The molecule has 6 aromatic rings. The third-order valence-corrected chi connectivity index (χ3v) is 10.6. The van der Waals surface area contributed by atoms with E-state index in [2.05, 4.69) is 161 Å². The van der Waals surface area contributed by atoms with Crippen molar-refractivity contribution in [1.82, 2.24) is 0 Å². The summed E-state index contributed by atoms with van der Waals surface area (Å²) in [7, 11) is 0. The molecule has 0 heterocycles. The van der Waals surface area contributed by atoms with E-state index in [-0.39, 0.29) is 24.8 Å². The van der Waals surface area contributed by atoms with Crippen LogP contribution in [-0.2, 0) is 0 Å². The van der Waals surface area contributed by atoms with E-state index in [0.29, 0.717) is 41.1 Å². The summed E-state index contributed by atoms with van der Waals surface area (Å²) in [4.78, 5) is 0.